The fourth-order valence-electron chi connectivity index (χ4n) is 5.79. The van der Waals surface area contributed by atoms with E-state index in [2.05, 4.69) is 70.9 Å². The minimum Gasteiger partial charge on any atom is -0.439 e. The van der Waals surface area contributed by atoms with Crippen molar-refractivity contribution in [1.82, 2.24) is 9.55 Å². The average Bonchev–Trinajstić information content (AvgIpc) is 3.40. The number of fused-ring (bicyclic) bond motifs is 2. The molecule has 0 N–H and O–H groups in total. The van der Waals surface area contributed by atoms with Crippen LogP contribution in [0.2, 0.25) is 0 Å². The maximum Gasteiger partial charge on any atom is 0.358 e. The van der Waals surface area contributed by atoms with Gasteiger partial charge in [0.15, 0.2) is 11.3 Å². The van der Waals surface area contributed by atoms with Crippen LogP contribution in [0.5, 0.6) is 0 Å². The van der Waals surface area contributed by atoms with Gasteiger partial charge >= 0.3 is 5.97 Å². The van der Waals surface area contributed by atoms with Crippen molar-refractivity contribution in [1.29, 1.82) is 0 Å². The van der Waals surface area contributed by atoms with E-state index in [1.54, 1.807) is 6.20 Å². The van der Waals surface area contributed by atoms with Crippen LogP contribution in [0.3, 0.4) is 0 Å². The number of carbonyl (C=O) groups is 1. The summed E-state index contributed by atoms with van der Waals surface area (Å²) < 4.78 is 8.80. The van der Waals surface area contributed by atoms with E-state index in [-0.39, 0.29) is 0 Å². The second kappa shape index (κ2) is 8.63. The molecule has 1 aliphatic rings. The van der Waals surface area contributed by atoms with Crippen molar-refractivity contribution in [3.63, 3.8) is 0 Å². The Morgan fingerprint density at radius 1 is 0.919 bits per heavy atom. The molecule has 0 aliphatic carbocycles. The van der Waals surface area contributed by atoms with Crippen molar-refractivity contribution in [2.24, 2.45) is 7.05 Å². The highest BCUT2D eigenvalue weighted by molar-refractivity contribution is 6.00. The topological polar surface area (TPSA) is 47.4 Å². The van der Waals surface area contributed by atoms with Crippen LogP contribution in [0.15, 0.2) is 91.1 Å². The largest absolute Gasteiger partial charge is 0.439 e. The number of hydrogen-bond donors (Lipinski definition) is 0. The minimum atomic E-state index is -1.15. The van der Waals surface area contributed by atoms with E-state index in [9.17, 15) is 4.79 Å². The molecule has 37 heavy (non-hydrogen) atoms. The lowest BCUT2D eigenvalue weighted by atomic mass is 9.76. The molecule has 1 atom stereocenters. The van der Waals surface area contributed by atoms with Gasteiger partial charge in [0, 0.05) is 60.6 Å². The Hall–Kier alpha value is -4.38. The Bertz CT molecular complexity index is 1650. The van der Waals surface area contributed by atoms with Gasteiger partial charge in [-0.05, 0) is 41.8 Å². The zero-order valence-corrected chi connectivity index (χ0v) is 21.5. The van der Waals surface area contributed by atoms with Gasteiger partial charge in [-0.2, -0.15) is 0 Å². The van der Waals surface area contributed by atoms with Crippen LogP contribution in [-0.4, -0.2) is 29.6 Å². The van der Waals surface area contributed by atoms with Gasteiger partial charge in [0.2, 0.25) is 0 Å². The summed E-state index contributed by atoms with van der Waals surface area (Å²) in [5.41, 5.74) is 7.31. The molecule has 6 rings (SSSR count). The summed E-state index contributed by atoms with van der Waals surface area (Å²) in [6.45, 7) is 2.15. The molecule has 0 saturated heterocycles. The van der Waals surface area contributed by atoms with E-state index >= 15 is 0 Å². The van der Waals surface area contributed by atoms with Gasteiger partial charge in [-0.25, -0.2) is 9.78 Å². The van der Waals surface area contributed by atoms with Crippen LogP contribution >= 0.6 is 0 Å². The number of ether oxygens (including phenoxy) is 1. The number of esters is 1. The van der Waals surface area contributed by atoms with Crippen LogP contribution < -0.4 is 4.90 Å². The lowest BCUT2D eigenvalue weighted by molar-refractivity contribution is 0.0252. The van der Waals surface area contributed by atoms with Gasteiger partial charge in [0.1, 0.15) is 0 Å². The van der Waals surface area contributed by atoms with Gasteiger partial charge in [-0.3, -0.25) is 0 Å². The van der Waals surface area contributed by atoms with Gasteiger partial charge in [-0.15, -0.1) is 0 Å². The molecule has 5 nitrogen and oxygen atoms in total. The standard InChI is InChI=1S/C32H29N3O2/c1-5-21-20-23(34(2)3)17-18-25(21)32(26-15-11-19-33-29(26)31(36)37-32)28-24-14-9-10-16-27(24)35(4)30(28)22-12-7-6-8-13-22/h6-20H,5H2,1-4H3. The van der Waals surface area contributed by atoms with Crippen LogP contribution in [0.4, 0.5) is 5.69 Å². The molecule has 5 heteroatoms. The normalized spacial score (nSPS) is 16.6. The molecule has 3 aromatic carbocycles. The number of anilines is 1. The molecule has 1 aliphatic heterocycles. The summed E-state index contributed by atoms with van der Waals surface area (Å²) in [7, 11) is 6.16. The molecule has 0 spiro atoms. The van der Waals surface area contributed by atoms with Crippen molar-refractivity contribution in [2.75, 3.05) is 19.0 Å². The third-order valence-corrected chi connectivity index (χ3v) is 7.50. The van der Waals surface area contributed by atoms with Crippen molar-refractivity contribution in [2.45, 2.75) is 18.9 Å². The molecule has 0 amide bonds. The smallest absolute Gasteiger partial charge is 0.358 e. The van der Waals surface area contributed by atoms with Crippen LogP contribution in [-0.2, 0) is 23.8 Å². The Kier molecular flexibility index (Phi) is 5.37. The number of carbonyl (C=O) groups excluding carboxylic acids is 1. The predicted molar refractivity (Wildman–Crippen MR) is 148 cm³/mol. The summed E-state index contributed by atoms with van der Waals surface area (Å²) >= 11 is 0. The van der Waals surface area contributed by atoms with Crippen molar-refractivity contribution in [3.8, 4) is 11.3 Å². The second-order valence-electron chi connectivity index (χ2n) is 9.73. The number of aryl methyl sites for hydroxylation is 2. The SMILES string of the molecule is CCc1cc(N(C)C)ccc1C1(c2c(-c3ccccc3)n(C)c3ccccc23)OC(=O)c2ncccc21. The Labute approximate surface area is 217 Å². The Balaban J connectivity index is 1.81. The van der Waals surface area contributed by atoms with E-state index in [4.69, 9.17) is 4.74 Å². The highest BCUT2D eigenvalue weighted by atomic mass is 16.6. The van der Waals surface area contributed by atoms with Crippen LogP contribution in [0.1, 0.15) is 39.7 Å². The molecule has 5 aromatic rings. The van der Waals surface area contributed by atoms with Crippen LogP contribution in [0, 0.1) is 0 Å². The number of aromatic nitrogens is 2. The van der Waals surface area contributed by atoms with E-state index in [0.717, 1.165) is 56.5 Å². The predicted octanol–water partition coefficient (Wildman–Crippen LogP) is 6.33. The van der Waals surface area contributed by atoms with Gasteiger partial charge in [0.05, 0.1) is 5.69 Å². The number of benzene rings is 3. The lowest BCUT2D eigenvalue weighted by Crippen LogP contribution is -2.31. The summed E-state index contributed by atoms with van der Waals surface area (Å²) in [5, 5.41) is 1.05. The third-order valence-electron chi connectivity index (χ3n) is 7.50. The number of rotatable bonds is 5. The van der Waals surface area contributed by atoms with Gasteiger partial charge in [0.25, 0.3) is 0 Å². The summed E-state index contributed by atoms with van der Waals surface area (Å²) in [4.78, 5) is 20.1. The monoisotopic (exact) mass is 487 g/mol. The molecule has 0 fully saturated rings. The maximum absolute atomic E-state index is 13.5. The first-order valence-corrected chi connectivity index (χ1v) is 12.6. The molecular formula is C32H29N3O2. The number of para-hydroxylation sites is 1. The first-order chi connectivity index (χ1) is 18.0. The second-order valence-corrected chi connectivity index (χ2v) is 9.73. The maximum atomic E-state index is 13.5. The minimum absolute atomic E-state index is 0.369. The van der Waals surface area contributed by atoms with Gasteiger partial charge in [-0.1, -0.05) is 67.6 Å². The van der Waals surface area contributed by atoms with E-state index in [1.165, 1.54) is 0 Å². The molecule has 0 saturated carbocycles. The van der Waals surface area contributed by atoms with E-state index < -0.39 is 11.6 Å². The number of pyridine rings is 1. The molecule has 0 radical (unpaired) electrons. The zero-order valence-electron chi connectivity index (χ0n) is 21.5. The highest BCUT2D eigenvalue weighted by Crippen LogP contribution is 2.53. The average molecular weight is 488 g/mol. The fraction of sp³-hybridized carbons (Fsp3) is 0.188. The molecule has 2 aromatic heterocycles. The van der Waals surface area contributed by atoms with Crippen molar-refractivity contribution >= 4 is 22.6 Å². The summed E-state index contributed by atoms with van der Waals surface area (Å²) in [6, 6.07) is 29.0. The highest BCUT2D eigenvalue weighted by Gasteiger charge is 2.53. The quantitative estimate of drug-likeness (QED) is 0.272. The molecule has 3 heterocycles. The third kappa shape index (κ3) is 3.30. The number of hydrogen-bond acceptors (Lipinski definition) is 4. The fourth-order valence-corrected chi connectivity index (χ4v) is 5.79. The molecular weight excluding hydrogens is 458 g/mol. The van der Waals surface area contributed by atoms with Crippen LogP contribution in [0.25, 0.3) is 22.2 Å². The number of cyclic esters (lactones) is 1. The Morgan fingerprint density at radius 3 is 2.43 bits per heavy atom. The molecule has 0 bridgehead atoms. The summed E-state index contributed by atoms with van der Waals surface area (Å²) in [5.74, 6) is -0.402. The molecule has 1 unspecified atom stereocenters. The van der Waals surface area contributed by atoms with E-state index in [1.807, 2.05) is 56.6 Å². The Morgan fingerprint density at radius 2 is 1.68 bits per heavy atom. The van der Waals surface area contributed by atoms with E-state index in [0.29, 0.717) is 5.69 Å². The van der Waals surface area contributed by atoms with Crippen molar-refractivity contribution < 1.29 is 9.53 Å². The lowest BCUT2D eigenvalue weighted by Gasteiger charge is -2.33. The van der Waals surface area contributed by atoms with Gasteiger partial charge < -0.3 is 14.2 Å². The first kappa shape index (κ1) is 23.0. The zero-order chi connectivity index (χ0) is 25.7. The molecule has 184 valence electrons. The van der Waals surface area contributed by atoms with Crippen molar-refractivity contribution in [3.05, 3.63) is 119 Å². The summed E-state index contributed by atoms with van der Waals surface area (Å²) in [6.07, 6.45) is 2.45. The first-order valence-electron chi connectivity index (χ1n) is 12.6. The number of nitrogens with zero attached hydrogens (tertiary/aromatic N) is 3.